The average molecular weight is 451 g/mol. The van der Waals surface area contributed by atoms with E-state index in [-0.39, 0.29) is 34.9 Å². The fourth-order valence-electron chi connectivity index (χ4n) is 2.14. The number of carboxylic acids is 2. The number of nitrogen functional groups attached to an aromatic ring is 1. The van der Waals surface area contributed by atoms with Crippen molar-refractivity contribution in [2.24, 2.45) is 5.92 Å². The second-order valence-electron chi connectivity index (χ2n) is 6.10. The van der Waals surface area contributed by atoms with Crippen LogP contribution in [0.4, 0.5) is 30.2 Å². The van der Waals surface area contributed by atoms with Crippen LogP contribution in [0, 0.1) is 5.92 Å². The third-order valence-corrected chi connectivity index (χ3v) is 3.67. The monoisotopic (exact) mass is 451 g/mol. The maximum absolute atomic E-state index is 12.3. The number of carboxylic acid groups (broad SMARTS) is 2. The van der Waals surface area contributed by atoms with Crippen molar-refractivity contribution >= 4 is 40.8 Å². The zero-order chi connectivity index (χ0) is 24.4. The summed E-state index contributed by atoms with van der Waals surface area (Å²) in [5, 5.41) is 21.1. The summed E-state index contributed by atoms with van der Waals surface area (Å²) in [5.41, 5.74) is 6.60. The fraction of sp³-hybridized carbons (Fsp3) is 0.444. The first-order valence-corrected chi connectivity index (χ1v) is 8.89. The molecule has 13 heteroatoms. The molecule has 0 aliphatic rings. The number of alkyl halides is 3. The molecule has 1 rings (SSSR count). The van der Waals surface area contributed by atoms with E-state index in [1.807, 2.05) is 13.8 Å². The maximum Gasteiger partial charge on any atom is 0.490 e. The first kappa shape index (κ1) is 27.5. The van der Waals surface area contributed by atoms with Crippen LogP contribution in [0.2, 0.25) is 0 Å². The summed E-state index contributed by atoms with van der Waals surface area (Å²) in [6.45, 7) is 4.56. The molecule has 31 heavy (non-hydrogen) atoms. The first-order valence-electron chi connectivity index (χ1n) is 8.89. The molecule has 0 aliphatic heterocycles. The predicted molar refractivity (Wildman–Crippen MR) is 105 cm³/mol. The number of hydrogen-bond donors (Lipinski definition) is 5. The SMILES string of the molecule is CCC(CC)C(=O)Nc1cc(NC(C)=O)c(N)cc1OCC(=O)O.O=C(O)C(F)(F)F. The van der Waals surface area contributed by atoms with Gasteiger partial charge in [0.2, 0.25) is 11.8 Å². The lowest BCUT2D eigenvalue weighted by molar-refractivity contribution is -0.192. The molecule has 10 nitrogen and oxygen atoms in total. The molecule has 0 heterocycles. The number of ether oxygens (including phenoxy) is 1. The lowest BCUT2D eigenvalue weighted by Crippen LogP contribution is -2.22. The number of benzene rings is 1. The van der Waals surface area contributed by atoms with Crippen molar-refractivity contribution in [3.05, 3.63) is 12.1 Å². The molecule has 0 fully saturated rings. The zero-order valence-corrected chi connectivity index (χ0v) is 17.0. The van der Waals surface area contributed by atoms with Gasteiger partial charge in [-0.05, 0) is 18.9 Å². The van der Waals surface area contributed by atoms with E-state index < -0.39 is 24.7 Å². The molecule has 0 bridgehead atoms. The minimum absolute atomic E-state index is 0.128. The second kappa shape index (κ2) is 12.2. The van der Waals surface area contributed by atoms with Crippen molar-refractivity contribution in [1.82, 2.24) is 0 Å². The number of nitrogens with two attached hydrogens (primary N) is 1. The summed E-state index contributed by atoms with van der Waals surface area (Å²) in [4.78, 5) is 43.1. The number of carbonyl (C=O) groups excluding carboxylic acids is 2. The van der Waals surface area contributed by atoms with Crippen molar-refractivity contribution in [2.45, 2.75) is 39.8 Å². The summed E-state index contributed by atoms with van der Waals surface area (Å²) in [7, 11) is 0. The topological polar surface area (TPSA) is 168 Å². The van der Waals surface area contributed by atoms with Gasteiger partial charge in [-0.1, -0.05) is 13.8 Å². The van der Waals surface area contributed by atoms with E-state index in [9.17, 15) is 27.6 Å². The quantitative estimate of drug-likeness (QED) is 0.376. The van der Waals surface area contributed by atoms with Gasteiger partial charge in [0.1, 0.15) is 5.75 Å². The van der Waals surface area contributed by atoms with Gasteiger partial charge in [0.25, 0.3) is 0 Å². The highest BCUT2D eigenvalue weighted by molar-refractivity contribution is 5.98. The maximum atomic E-state index is 12.3. The molecule has 0 saturated heterocycles. The van der Waals surface area contributed by atoms with Crippen LogP contribution in [0.15, 0.2) is 12.1 Å². The molecule has 174 valence electrons. The Morgan fingerprint density at radius 2 is 1.58 bits per heavy atom. The Bertz CT molecular complexity index is 809. The number of amides is 2. The Morgan fingerprint density at radius 1 is 1.06 bits per heavy atom. The Hall–Kier alpha value is -3.51. The summed E-state index contributed by atoms with van der Waals surface area (Å²) < 4.78 is 36.9. The minimum Gasteiger partial charge on any atom is -0.480 e. The number of halogens is 3. The molecule has 0 atom stereocenters. The van der Waals surface area contributed by atoms with E-state index in [0.29, 0.717) is 18.5 Å². The summed E-state index contributed by atoms with van der Waals surface area (Å²) in [6, 6.07) is 2.82. The zero-order valence-electron chi connectivity index (χ0n) is 17.0. The Labute approximate surface area is 175 Å². The molecule has 6 N–H and O–H groups in total. The number of aliphatic carboxylic acids is 2. The van der Waals surface area contributed by atoms with Crippen LogP contribution in [-0.4, -0.2) is 46.7 Å². The van der Waals surface area contributed by atoms with E-state index in [2.05, 4.69) is 10.6 Å². The molecule has 0 aliphatic carbocycles. The van der Waals surface area contributed by atoms with E-state index in [4.69, 9.17) is 25.5 Å². The largest absolute Gasteiger partial charge is 0.490 e. The number of carbonyl (C=O) groups is 4. The van der Waals surface area contributed by atoms with Gasteiger partial charge < -0.3 is 31.3 Å². The molecule has 0 radical (unpaired) electrons. The van der Waals surface area contributed by atoms with Crippen molar-refractivity contribution < 1.29 is 47.3 Å². The molecule has 1 aromatic carbocycles. The molecule has 0 aromatic heterocycles. The molecule has 2 amide bonds. The second-order valence-corrected chi connectivity index (χ2v) is 6.10. The molecule has 0 spiro atoms. The highest BCUT2D eigenvalue weighted by Gasteiger charge is 2.38. The van der Waals surface area contributed by atoms with Gasteiger partial charge in [0, 0.05) is 18.9 Å². The summed E-state index contributed by atoms with van der Waals surface area (Å²) >= 11 is 0. The molecular formula is C18H24F3N3O7. The Balaban J connectivity index is 0.00000110. The lowest BCUT2D eigenvalue weighted by atomic mass is 10.0. The standard InChI is InChI=1S/C16H23N3O5.C2HF3O2/c1-4-10(5-2)16(23)19-13-7-12(18-9(3)20)11(17)6-14(13)24-8-15(21)22;3-2(4,5)1(6)7/h6-7,10H,4-5,8,17H2,1-3H3,(H,18,20)(H,19,23)(H,21,22);(H,6,7). The van der Waals surface area contributed by atoms with Gasteiger partial charge in [-0.25, -0.2) is 9.59 Å². The number of nitrogens with one attached hydrogen (secondary N) is 2. The van der Waals surface area contributed by atoms with Crippen LogP contribution in [0.3, 0.4) is 0 Å². The van der Waals surface area contributed by atoms with Crippen molar-refractivity contribution in [3.8, 4) is 5.75 Å². The van der Waals surface area contributed by atoms with E-state index in [0.717, 1.165) is 0 Å². The van der Waals surface area contributed by atoms with Crippen LogP contribution in [0.5, 0.6) is 5.75 Å². The van der Waals surface area contributed by atoms with Gasteiger partial charge in [-0.15, -0.1) is 0 Å². The predicted octanol–water partition coefficient (Wildman–Crippen LogP) is 2.70. The normalized spacial score (nSPS) is 10.5. The lowest BCUT2D eigenvalue weighted by Gasteiger charge is -2.18. The van der Waals surface area contributed by atoms with Crippen LogP contribution in [-0.2, 0) is 19.2 Å². The summed E-state index contributed by atoms with van der Waals surface area (Å²) in [6.07, 6.45) is -3.75. The average Bonchev–Trinajstić information content (AvgIpc) is 2.63. The minimum atomic E-state index is -5.08. The molecule has 1 aromatic rings. The fourth-order valence-corrected chi connectivity index (χ4v) is 2.14. The van der Waals surface area contributed by atoms with Gasteiger partial charge in [0.15, 0.2) is 6.61 Å². The van der Waals surface area contributed by atoms with Gasteiger partial charge in [-0.3, -0.25) is 9.59 Å². The molecular weight excluding hydrogens is 427 g/mol. The first-order chi connectivity index (χ1) is 14.2. The Morgan fingerprint density at radius 3 is 1.97 bits per heavy atom. The van der Waals surface area contributed by atoms with Crippen LogP contribution >= 0.6 is 0 Å². The van der Waals surface area contributed by atoms with E-state index in [1.54, 1.807) is 0 Å². The van der Waals surface area contributed by atoms with E-state index in [1.165, 1.54) is 19.1 Å². The Kier molecular flexibility index (Phi) is 10.9. The third-order valence-electron chi connectivity index (χ3n) is 3.67. The molecule has 0 unspecified atom stereocenters. The highest BCUT2D eigenvalue weighted by Crippen LogP contribution is 2.34. The van der Waals surface area contributed by atoms with Gasteiger partial charge in [0.05, 0.1) is 17.1 Å². The van der Waals surface area contributed by atoms with Crippen molar-refractivity contribution in [3.63, 3.8) is 0 Å². The number of anilines is 3. The van der Waals surface area contributed by atoms with Crippen molar-refractivity contribution in [2.75, 3.05) is 23.0 Å². The van der Waals surface area contributed by atoms with Gasteiger partial charge >= 0.3 is 18.1 Å². The van der Waals surface area contributed by atoms with Crippen LogP contribution in [0.25, 0.3) is 0 Å². The smallest absolute Gasteiger partial charge is 0.480 e. The van der Waals surface area contributed by atoms with Crippen LogP contribution < -0.4 is 21.1 Å². The molecule has 0 saturated carbocycles. The third kappa shape index (κ3) is 10.2. The number of rotatable bonds is 8. The van der Waals surface area contributed by atoms with Crippen LogP contribution in [0.1, 0.15) is 33.6 Å². The highest BCUT2D eigenvalue weighted by atomic mass is 19.4. The van der Waals surface area contributed by atoms with Gasteiger partial charge in [-0.2, -0.15) is 13.2 Å². The van der Waals surface area contributed by atoms with Crippen molar-refractivity contribution in [1.29, 1.82) is 0 Å². The summed E-state index contributed by atoms with van der Waals surface area (Å²) in [5.74, 6) is -4.50. The number of hydrogen-bond acceptors (Lipinski definition) is 6. The van der Waals surface area contributed by atoms with E-state index >= 15 is 0 Å².